The Morgan fingerprint density at radius 3 is 2.68 bits per heavy atom. The topological polar surface area (TPSA) is 64.3 Å². The molecule has 0 saturated heterocycles. The van der Waals surface area contributed by atoms with Crippen molar-refractivity contribution in [3.8, 4) is 0 Å². The maximum Gasteiger partial charge on any atom is 0.222 e. The van der Waals surface area contributed by atoms with Gasteiger partial charge in [-0.1, -0.05) is 24.3 Å². The van der Waals surface area contributed by atoms with Crippen LogP contribution in [0.25, 0.3) is 0 Å². The van der Waals surface area contributed by atoms with Gasteiger partial charge in [-0.15, -0.1) is 12.4 Å². The Morgan fingerprint density at radius 2 is 2.11 bits per heavy atom. The number of hydrogen-bond acceptors (Lipinski definition) is 3. The number of carbonyl (C=O) groups excluding carboxylic acids is 1. The maximum atomic E-state index is 11.6. The Balaban J connectivity index is 0.00000324. The highest BCUT2D eigenvalue weighted by Gasteiger charge is 2.10. The van der Waals surface area contributed by atoms with Crippen LogP contribution in [0.3, 0.4) is 0 Å². The summed E-state index contributed by atoms with van der Waals surface area (Å²) < 4.78 is 5.07. The van der Waals surface area contributed by atoms with E-state index in [0.717, 1.165) is 6.42 Å². The Morgan fingerprint density at radius 1 is 1.42 bits per heavy atom. The minimum absolute atomic E-state index is 0. The van der Waals surface area contributed by atoms with Crippen LogP contribution in [0.5, 0.6) is 0 Å². The third-order valence-corrected chi connectivity index (χ3v) is 2.99. The predicted octanol–water partition coefficient (Wildman–Crippen LogP) is 1.44. The Hall–Kier alpha value is -1.10. The van der Waals surface area contributed by atoms with Crippen LogP contribution in [0.1, 0.15) is 17.5 Å². The molecule has 0 aliphatic rings. The number of benzene rings is 1. The van der Waals surface area contributed by atoms with Crippen LogP contribution in [0.4, 0.5) is 0 Å². The molecule has 4 nitrogen and oxygen atoms in total. The minimum atomic E-state index is -0.191. The molecule has 0 aliphatic heterocycles. The molecule has 108 valence electrons. The first kappa shape index (κ1) is 17.9. The van der Waals surface area contributed by atoms with Crippen LogP contribution < -0.4 is 11.1 Å². The van der Waals surface area contributed by atoms with Gasteiger partial charge in [-0.25, -0.2) is 0 Å². The summed E-state index contributed by atoms with van der Waals surface area (Å²) in [4.78, 5) is 11.6. The SMILES string of the molecule is COC(CN)CC(=O)NCCc1ccccc1C.Cl. The molecular weight excluding hydrogens is 264 g/mol. The Bertz CT molecular complexity index is 381. The predicted molar refractivity (Wildman–Crippen MR) is 79.6 cm³/mol. The molecule has 0 spiro atoms. The molecular formula is C14H23ClN2O2. The minimum Gasteiger partial charge on any atom is -0.380 e. The van der Waals surface area contributed by atoms with Crippen LogP contribution in [0.2, 0.25) is 0 Å². The summed E-state index contributed by atoms with van der Waals surface area (Å²) in [6.45, 7) is 3.08. The molecule has 1 unspecified atom stereocenters. The van der Waals surface area contributed by atoms with Gasteiger partial charge in [-0.05, 0) is 24.5 Å². The van der Waals surface area contributed by atoms with Gasteiger partial charge in [-0.3, -0.25) is 4.79 Å². The van der Waals surface area contributed by atoms with Gasteiger partial charge in [0.2, 0.25) is 5.91 Å². The van der Waals surface area contributed by atoms with E-state index in [1.54, 1.807) is 7.11 Å². The summed E-state index contributed by atoms with van der Waals surface area (Å²) >= 11 is 0. The van der Waals surface area contributed by atoms with E-state index < -0.39 is 0 Å². The van der Waals surface area contributed by atoms with Crippen molar-refractivity contribution in [2.24, 2.45) is 5.73 Å². The number of aryl methyl sites for hydroxylation is 1. The number of nitrogens with two attached hydrogens (primary N) is 1. The fourth-order valence-corrected chi connectivity index (χ4v) is 1.77. The monoisotopic (exact) mass is 286 g/mol. The summed E-state index contributed by atoms with van der Waals surface area (Å²) in [5, 5.41) is 2.88. The van der Waals surface area contributed by atoms with E-state index in [9.17, 15) is 4.79 Å². The molecule has 1 amide bonds. The lowest BCUT2D eigenvalue weighted by atomic mass is 10.1. The van der Waals surface area contributed by atoms with Crippen LogP contribution in [-0.4, -0.2) is 32.2 Å². The Kier molecular flexibility index (Phi) is 9.21. The second-order valence-electron chi connectivity index (χ2n) is 4.32. The zero-order valence-corrected chi connectivity index (χ0v) is 12.3. The van der Waals surface area contributed by atoms with Crippen molar-refractivity contribution in [3.63, 3.8) is 0 Å². The van der Waals surface area contributed by atoms with Crippen molar-refractivity contribution in [1.29, 1.82) is 0 Å². The molecule has 0 radical (unpaired) electrons. The van der Waals surface area contributed by atoms with Gasteiger partial charge in [-0.2, -0.15) is 0 Å². The second-order valence-corrected chi connectivity index (χ2v) is 4.32. The number of rotatable bonds is 7. The average Bonchev–Trinajstić information content (AvgIpc) is 2.38. The molecule has 0 saturated carbocycles. The number of halogens is 1. The number of carbonyl (C=O) groups is 1. The maximum absolute atomic E-state index is 11.6. The van der Waals surface area contributed by atoms with E-state index >= 15 is 0 Å². The molecule has 3 N–H and O–H groups in total. The van der Waals surface area contributed by atoms with Crippen LogP contribution in [-0.2, 0) is 16.0 Å². The van der Waals surface area contributed by atoms with E-state index in [2.05, 4.69) is 24.4 Å². The fourth-order valence-electron chi connectivity index (χ4n) is 1.77. The van der Waals surface area contributed by atoms with Gasteiger partial charge in [0.15, 0.2) is 0 Å². The summed E-state index contributed by atoms with van der Waals surface area (Å²) in [6, 6.07) is 8.19. The molecule has 0 aliphatic carbocycles. The second kappa shape index (κ2) is 9.78. The smallest absolute Gasteiger partial charge is 0.222 e. The van der Waals surface area contributed by atoms with Gasteiger partial charge < -0.3 is 15.8 Å². The summed E-state index contributed by atoms with van der Waals surface area (Å²) in [6.07, 6.45) is 0.975. The molecule has 19 heavy (non-hydrogen) atoms. The first-order valence-electron chi connectivity index (χ1n) is 6.21. The molecule has 0 fully saturated rings. The largest absolute Gasteiger partial charge is 0.380 e. The number of ether oxygens (including phenoxy) is 1. The fraction of sp³-hybridized carbons (Fsp3) is 0.500. The normalized spacial score (nSPS) is 11.5. The molecule has 1 rings (SSSR count). The van der Waals surface area contributed by atoms with E-state index in [0.29, 0.717) is 19.5 Å². The van der Waals surface area contributed by atoms with Crippen molar-refractivity contribution in [1.82, 2.24) is 5.32 Å². The van der Waals surface area contributed by atoms with Crippen LogP contribution >= 0.6 is 12.4 Å². The van der Waals surface area contributed by atoms with Gasteiger partial charge in [0.1, 0.15) is 0 Å². The average molecular weight is 287 g/mol. The molecule has 1 aromatic carbocycles. The van der Waals surface area contributed by atoms with Crippen molar-refractivity contribution in [2.45, 2.75) is 25.9 Å². The number of amides is 1. The molecule has 0 aromatic heterocycles. The number of hydrogen-bond donors (Lipinski definition) is 2. The summed E-state index contributed by atoms with van der Waals surface area (Å²) in [7, 11) is 1.57. The van der Waals surface area contributed by atoms with Gasteiger partial charge >= 0.3 is 0 Å². The van der Waals surface area contributed by atoms with E-state index in [1.165, 1.54) is 11.1 Å². The van der Waals surface area contributed by atoms with Crippen molar-refractivity contribution in [3.05, 3.63) is 35.4 Å². The molecule has 0 heterocycles. The standard InChI is InChI=1S/C14H22N2O2.ClH/c1-11-5-3-4-6-12(11)7-8-16-14(17)9-13(10-15)18-2;/h3-6,13H,7-10,15H2,1-2H3,(H,16,17);1H. The first-order valence-corrected chi connectivity index (χ1v) is 6.21. The highest BCUT2D eigenvalue weighted by molar-refractivity contribution is 5.85. The lowest BCUT2D eigenvalue weighted by Crippen LogP contribution is -2.33. The summed E-state index contributed by atoms with van der Waals surface area (Å²) in [5.74, 6) is -0.0131. The highest BCUT2D eigenvalue weighted by Crippen LogP contribution is 2.06. The van der Waals surface area contributed by atoms with E-state index in [1.807, 2.05) is 12.1 Å². The highest BCUT2D eigenvalue weighted by atomic mass is 35.5. The number of nitrogens with one attached hydrogen (secondary N) is 1. The van der Waals surface area contributed by atoms with E-state index in [4.69, 9.17) is 10.5 Å². The third kappa shape index (κ3) is 6.57. The van der Waals surface area contributed by atoms with E-state index in [-0.39, 0.29) is 24.4 Å². The van der Waals surface area contributed by atoms with Gasteiger partial charge in [0, 0.05) is 20.2 Å². The molecule has 1 aromatic rings. The molecule has 5 heteroatoms. The van der Waals surface area contributed by atoms with Gasteiger partial charge in [0.05, 0.1) is 12.5 Å². The zero-order chi connectivity index (χ0) is 13.4. The summed E-state index contributed by atoms with van der Waals surface area (Å²) in [5.41, 5.74) is 7.98. The number of methoxy groups -OCH3 is 1. The van der Waals surface area contributed by atoms with Crippen LogP contribution in [0.15, 0.2) is 24.3 Å². The van der Waals surface area contributed by atoms with Crippen molar-refractivity contribution >= 4 is 18.3 Å². The molecule has 0 bridgehead atoms. The third-order valence-electron chi connectivity index (χ3n) is 2.99. The first-order chi connectivity index (χ1) is 8.67. The van der Waals surface area contributed by atoms with Crippen molar-refractivity contribution < 1.29 is 9.53 Å². The lowest BCUT2D eigenvalue weighted by molar-refractivity contribution is -0.123. The van der Waals surface area contributed by atoms with Gasteiger partial charge in [0.25, 0.3) is 0 Å². The van der Waals surface area contributed by atoms with Crippen LogP contribution in [0, 0.1) is 6.92 Å². The lowest BCUT2D eigenvalue weighted by Gasteiger charge is -2.12. The zero-order valence-electron chi connectivity index (χ0n) is 11.5. The van der Waals surface area contributed by atoms with Crippen molar-refractivity contribution in [2.75, 3.05) is 20.2 Å². The Labute approximate surface area is 121 Å². The quantitative estimate of drug-likeness (QED) is 0.797. The molecule has 1 atom stereocenters.